The summed E-state index contributed by atoms with van der Waals surface area (Å²) in [5.41, 5.74) is 1.50. The van der Waals surface area contributed by atoms with E-state index in [0.29, 0.717) is 49.2 Å². The molecule has 0 saturated carbocycles. The Hall–Kier alpha value is -3.40. The molecule has 2 amide bonds. The van der Waals surface area contributed by atoms with Crippen LogP contribution in [0.1, 0.15) is 28.5 Å². The van der Waals surface area contributed by atoms with Crippen LogP contribution in [-0.4, -0.2) is 59.6 Å². The molecule has 0 aliphatic carbocycles. The van der Waals surface area contributed by atoms with E-state index in [0.717, 1.165) is 10.6 Å². The number of thioether (sulfide) groups is 1. The number of benzene rings is 2. The van der Waals surface area contributed by atoms with Crippen LogP contribution in [-0.2, 0) is 10.5 Å². The molecule has 0 spiro atoms. The first-order valence-electron chi connectivity index (χ1n) is 11.1. The molecule has 1 N–H and O–H groups in total. The third-order valence-corrected chi connectivity index (χ3v) is 6.56. The highest BCUT2D eigenvalue weighted by Gasteiger charge is 2.21. The zero-order valence-electron chi connectivity index (χ0n) is 18.9. The van der Waals surface area contributed by atoms with Gasteiger partial charge in [-0.05, 0) is 43.3 Å². The molecule has 10 heteroatoms. The van der Waals surface area contributed by atoms with Crippen LogP contribution in [0, 0.1) is 12.7 Å². The number of amides is 2. The van der Waals surface area contributed by atoms with Crippen molar-refractivity contribution in [3.8, 4) is 0 Å². The van der Waals surface area contributed by atoms with Crippen LogP contribution in [0.4, 0.5) is 10.1 Å². The molecule has 8 nitrogen and oxygen atoms in total. The summed E-state index contributed by atoms with van der Waals surface area (Å²) < 4.78 is 18.3. The molecule has 178 valence electrons. The highest BCUT2D eigenvalue weighted by molar-refractivity contribution is 7.98. The molecule has 0 unspecified atom stereocenters. The van der Waals surface area contributed by atoms with Gasteiger partial charge in [0.2, 0.25) is 11.8 Å². The number of aryl methyl sites for hydroxylation is 1. The van der Waals surface area contributed by atoms with Crippen LogP contribution < -0.4 is 10.2 Å². The summed E-state index contributed by atoms with van der Waals surface area (Å²) in [5.74, 6) is 1.06. The number of nitrogens with zero attached hydrogens (tertiary/aromatic N) is 4. The number of hydrogen-bond donors (Lipinski definition) is 1. The van der Waals surface area contributed by atoms with E-state index in [1.807, 2.05) is 23.1 Å². The summed E-state index contributed by atoms with van der Waals surface area (Å²) in [6.45, 7) is 4.59. The summed E-state index contributed by atoms with van der Waals surface area (Å²) in [5, 5.41) is 6.63. The number of anilines is 1. The molecule has 1 aliphatic heterocycles. The second-order valence-corrected chi connectivity index (χ2v) is 8.89. The van der Waals surface area contributed by atoms with E-state index in [-0.39, 0.29) is 30.6 Å². The van der Waals surface area contributed by atoms with Crippen molar-refractivity contribution in [3.63, 3.8) is 0 Å². The van der Waals surface area contributed by atoms with E-state index >= 15 is 0 Å². The van der Waals surface area contributed by atoms with E-state index in [4.69, 9.17) is 4.52 Å². The first kappa shape index (κ1) is 23.7. The SMILES string of the molecule is Cc1noc(CSc2ccccc2C(=O)NCCC(=O)N2CCN(c3ccc(F)cc3)CC2)n1. The van der Waals surface area contributed by atoms with Crippen molar-refractivity contribution in [3.05, 3.63) is 71.6 Å². The molecule has 1 fully saturated rings. The number of hydrogen-bond acceptors (Lipinski definition) is 7. The lowest BCUT2D eigenvalue weighted by atomic mass is 10.2. The minimum absolute atomic E-state index is 0.00785. The first-order chi connectivity index (χ1) is 16.5. The molecule has 0 bridgehead atoms. The van der Waals surface area contributed by atoms with Gasteiger partial charge in [-0.1, -0.05) is 17.3 Å². The molecule has 34 heavy (non-hydrogen) atoms. The second kappa shape index (κ2) is 11.1. The lowest BCUT2D eigenvalue weighted by Gasteiger charge is -2.36. The van der Waals surface area contributed by atoms with Crippen molar-refractivity contribution in [1.82, 2.24) is 20.4 Å². The maximum absolute atomic E-state index is 13.1. The van der Waals surface area contributed by atoms with Gasteiger partial charge in [0.15, 0.2) is 5.82 Å². The quantitative estimate of drug-likeness (QED) is 0.492. The summed E-state index contributed by atoms with van der Waals surface area (Å²) in [6.07, 6.45) is 0.235. The predicted molar refractivity (Wildman–Crippen MR) is 127 cm³/mol. The highest BCUT2D eigenvalue weighted by atomic mass is 32.2. The Kier molecular flexibility index (Phi) is 7.79. The van der Waals surface area contributed by atoms with Gasteiger partial charge in [-0.2, -0.15) is 4.98 Å². The van der Waals surface area contributed by atoms with Gasteiger partial charge < -0.3 is 19.6 Å². The monoisotopic (exact) mass is 483 g/mol. The summed E-state index contributed by atoms with van der Waals surface area (Å²) in [6, 6.07) is 13.7. The number of nitrogens with one attached hydrogen (secondary N) is 1. The summed E-state index contributed by atoms with van der Waals surface area (Å²) in [7, 11) is 0. The van der Waals surface area contributed by atoms with E-state index < -0.39 is 0 Å². The minimum Gasteiger partial charge on any atom is -0.368 e. The maximum atomic E-state index is 13.1. The number of aromatic nitrogens is 2. The summed E-state index contributed by atoms with van der Waals surface area (Å²) >= 11 is 1.45. The Morgan fingerprint density at radius 3 is 2.53 bits per heavy atom. The molecule has 3 aromatic rings. The van der Waals surface area contributed by atoms with Crippen LogP contribution in [0.15, 0.2) is 57.9 Å². The topological polar surface area (TPSA) is 91.6 Å². The van der Waals surface area contributed by atoms with Crippen molar-refractivity contribution in [2.24, 2.45) is 0 Å². The van der Waals surface area contributed by atoms with Crippen LogP contribution >= 0.6 is 11.8 Å². The Balaban J connectivity index is 1.22. The third kappa shape index (κ3) is 6.13. The van der Waals surface area contributed by atoms with Gasteiger partial charge in [0.05, 0.1) is 11.3 Å². The van der Waals surface area contributed by atoms with E-state index in [2.05, 4.69) is 20.4 Å². The number of rotatable bonds is 8. The fourth-order valence-electron chi connectivity index (χ4n) is 3.72. The molecule has 4 rings (SSSR count). The fourth-order valence-corrected chi connectivity index (χ4v) is 4.61. The smallest absolute Gasteiger partial charge is 0.252 e. The number of halogens is 1. The average Bonchev–Trinajstić information content (AvgIpc) is 3.28. The zero-order valence-corrected chi connectivity index (χ0v) is 19.7. The molecular weight excluding hydrogens is 457 g/mol. The van der Waals surface area contributed by atoms with E-state index in [9.17, 15) is 14.0 Å². The van der Waals surface area contributed by atoms with Gasteiger partial charge in [0.1, 0.15) is 5.82 Å². The third-order valence-electron chi connectivity index (χ3n) is 5.50. The highest BCUT2D eigenvalue weighted by Crippen LogP contribution is 2.26. The van der Waals surface area contributed by atoms with E-state index in [1.165, 1.54) is 23.9 Å². The Labute approximate surface area is 201 Å². The number of piperazine rings is 1. The first-order valence-corrected chi connectivity index (χ1v) is 12.1. The predicted octanol–water partition coefficient (Wildman–Crippen LogP) is 3.28. The van der Waals surface area contributed by atoms with E-state index in [1.54, 1.807) is 25.1 Å². The molecule has 1 aromatic heterocycles. The molecule has 1 saturated heterocycles. The number of carbonyl (C=O) groups is 2. The average molecular weight is 484 g/mol. The Morgan fingerprint density at radius 1 is 1.09 bits per heavy atom. The molecular formula is C24H26FN5O3S. The largest absolute Gasteiger partial charge is 0.368 e. The Morgan fingerprint density at radius 2 is 1.82 bits per heavy atom. The van der Waals surface area contributed by atoms with Gasteiger partial charge in [0, 0.05) is 49.7 Å². The van der Waals surface area contributed by atoms with Crippen molar-refractivity contribution in [1.29, 1.82) is 0 Å². The van der Waals surface area contributed by atoms with Gasteiger partial charge in [0.25, 0.3) is 5.91 Å². The van der Waals surface area contributed by atoms with Crippen molar-refractivity contribution < 1.29 is 18.5 Å². The number of carbonyl (C=O) groups excluding carboxylic acids is 2. The lowest BCUT2D eigenvalue weighted by molar-refractivity contribution is -0.131. The molecule has 0 atom stereocenters. The van der Waals surface area contributed by atoms with Gasteiger partial charge in [-0.3, -0.25) is 9.59 Å². The molecule has 1 aliphatic rings. The van der Waals surface area contributed by atoms with Crippen molar-refractivity contribution >= 4 is 29.3 Å². The van der Waals surface area contributed by atoms with Crippen LogP contribution in [0.3, 0.4) is 0 Å². The van der Waals surface area contributed by atoms with Crippen LogP contribution in [0.25, 0.3) is 0 Å². The van der Waals surface area contributed by atoms with Gasteiger partial charge in [-0.15, -0.1) is 11.8 Å². The van der Waals surface area contributed by atoms with Crippen LogP contribution in [0.2, 0.25) is 0 Å². The van der Waals surface area contributed by atoms with Crippen molar-refractivity contribution in [2.45, 2.75) is 24.0 Å². The molecule has 2 aromatic carbocycles. The normalized spacial score (nSPS) is 13.7. The summed E-state index contributed by atoms with van der Waals surface area (Å²) in [4.78, 5) is 34.3. The maximum Gasteiger partial charge on any atom is 0.252 e. The van der Waals surface area contributed by atoms with Gasteiger partial charge in [-0.25, -0.2) is 4.39 Å². The Bertz CT molecular complexity index is 1130. The fraction of sp³-hybridized carbons (Fsp3) is 0.333. The minimum atomic E-state index is -0.261. The van der Waals surface area contributed by atoms with Gasteiger partial charge >= 0.3 is 0 Å². The zero-order chi connectivity index (χ0) is 23.9. The second-order valence-electron chi connectivity index (χ2n) is 7.87. The standard InChI is InChI=1S/C24H26FN5O3S/c1-17-27-22(33-28-17)16-34-21-5-3-2-4-20(21)24(32)26-11-10-23(31)30-14-12-29(13-15-30)19-8-6-18(25)7-9-19/h2-9H,10-16H2,1H3,(H,26,32). The molecule has 0 radical (unpaired) electrons. The lowest BCUT2D eigenvalue weighted by Crippen LogP contribution is -2.49. The van der Waals surface area contributed by atoms with Crippen molar-refractivity contribution in [2.75, 3.05) is 37.6 Å². The molecule has 2 heterocycles. The van der Waals surface area contributed by atoms with Crippen LogP contribution in [0.5, 0.6) is 0 Å².